The number of carbonyl (C=O) groups excluding carboxylic acids is 1. The van der Waals surface area contributed by atoms with Crippen molar-refractivity contribution in [1.29, 1.82) is 0 Å². The molecule has 2 aromatic rings. The van der Waals surface area contributed by atoms with Crippen molar-refractivity contribution in [3.8, 4) is 0 Å². The molecule has 0 saturated heterocycles. The van der Waals surface area contributed by atoms with E-state index in [0.29, 0.717) is 0 Å². The Morgan fingerprint density at radius 1 is 1.20 bits per heavy atom. The maximum absolute atomic E-state index is 12.2. The molecule has 0 aliphatic heterocycles. The third kappa shape index (κ3) is 3.33. The lowest BCUT2D eigenvalue weighted by molar-refractivity contribution is 0.102. The van der Waals surface area contributed by atoms with Crippen LogP contribution < -0.4 is 5.32 Å². The summed E-state index contributed by atoms with van der Waals surface area (Å²) >= 11 is 5.74. The number of hydrogen-bond acceptors (Lipinski definition) is 3. The molecule has 1 N–H and O–H groups in total. The van der Waals surface area contributed by atoms with Crippen molar-refractivity contribution >= 4 is 23.2 Å². The van der Waals surface area contributed by atoms with E-state index in [-0.39, 0.29) is 22.2 Å². The average Bonchev–Trinajstić information content (AvgIpc) is 2.38. The lowest BCUT2D eigenvalue weighted by Crippen LogP contribution is -2.19. The van der Waals surface area contributed by atoms with Crippen molar-refractivity contribution in [2.75, 3.05) is 5.32 Å². The van der Waals surface area contributed by atoms with Gasteiger partial charge in [0.2, 0.25) is 0 Å². The van der Waals surface area contributed by atoms with Crippen LogP contribution >= 0.6 is 11.6 Å². The third-order valence-electron chi connectivity index (χ3n) is 2.82. The largest absolute Gasteiger partial charge is 0.320 e. The van der Waals surface area contributed by atoms with Gasteiger partial charge in [-0.25, -0.2) is 4.98 Å². The molecule has 4 nitrogen and oxygen atoms in total. The number of anilines is 1. The topological polar surface area (TPSA) is 54.9 Å². The maximum Gasteiger partial charge on any atom is 0.275 e. The molecule has 1 heterocycles. The number of aromatic nitrogens is 2. The molecule has 0 spiro atoms. The zero-order valence-corrected chi connectivity index (χ0v) is 12.4. The number of rotatable bonds is 2. The van der Waals surface area contributed by atoms with E-state index in [1.165, 1.54) is 12.4 Å². The van der Waals surface area contributed by atoms with Gasteiger partial charge in [0.05, 0.1) is 12.4 Å². The summed E-state index contributed by atoms with van der Waals surface area (Å²) in [6, 6.07) is 7.71. The summed E-state index contributed by atoms with van der Waals surface area (Å²) in [5, 5.41) is 3.06. The summed E-state index contributed by atoms with van der Waals surface area (Å²) in [6.45, 7) is 6.28. The molecule has 0 unspecified atom stereocenters. The Bertz CT molecular complexity index is 635. The Morgan fingerprint density at radius 3 is 2.55 bits per heavy atom. The lowest BCUT2D eigenvalue weighted by Gasteiger charge is -2.22. The molecule has 0 aliphatic rings. The Kier molecular flexibility index (Phi) is 4.04. The van der Waals surface area contributed by atoms with E-state index in [1.54, 1.807) is 0 Å². The molecule has 0 fully saturated rings. The van der Waals surface area contributed by atoms with Crippen molar-refractivity contribution in [2.45, 2.75) is 26.2 Å². The van der Waals surface area contributed by atoms with Gasteiger partial charge in [-0.05, 0) is 17.0 Å². The summed E-state index contributed by atoms with van der Waals surface area (Å²) in [4.78, 5) is 20.0. The second-order valence-electron chi connectivity index (χ2n) is 5.48. The van der Waals surface area contributed by atoms with E-state index >= 15 is 0 Å². The number of carbonyl (C=O) groups is 1. The minimum absolute atomic E-state index is 0.0656. The molecule has 1 aromatic heterocycles. The zero-order valence-electron chi connectivity index (χ0n) is 11.6. The predicted octanol–water partition coefficient (Wildman–Crippen LogP) is 3.68. The van der Waals surface area contributed by atoms with Crippen LogP contribution in [-0.2, 0) is 5.41 Å². The van der Waals surface area contributed by atoms with E-state index in [9.17, 15) is 4.79 Å². The quantitative estimate of drug-likeness (QED) is 0.917. The van der Waals surface area contributed by atoms with Crippen molar-refractivity contribution in [1.82, 2.24) is 9.97 Å². The Morgan fingerprint density at radius 2 is 1.90 bits per heavy atom. The number of halogens is 1. The number of hydrogen-bond donors (Lipinski definition) is 1. The highest BCUT2D eigenvalue weighted by atomic mass is 35.5. The van der Waals surface area contributed by atoms with E-state index in [2.05, 4.69) is 36.1 Å². The first kappa shape index (κ1) is 14.5. The highest BCUT2D eigenvalue weighted by Crippen LogP contribution is 2.29. The van der Waals surface area contributed by atoms with Gasteiger partial charge in [0.15, 0.2) is 0 Å². The van der Waals surface area contributed by atoms with Crippen LogP contribution in [0.25, 0.3) is 0 Å². The highest BCUT2D eigenvalue weighted by Gasteiger charge is 2.19. The van der Waals surface area contributed by atoms with Gasteiger partial charge in [-0.15, -0.1) is 0 Å². The van der Waals surface area contributed by atoms with Crippen LogP contribution in [0.1, 0.15) is 36.8 Å². The monoisotopic (exact) mass is 289 g/mol. The first-order chi connectivity index (χ1) is 9.38. The smallest absolute Gasteiger partial charge is 0.275 e. The first-order valence-corrected chi connectivity index (χ1v) is 6.64. The average molecular weight is 290 g/mol. The van der Waals surface area contributed by atoms with Crippen LogP contribution in [0.3, 0.4) is 0 Å². The van der Waals surface area contributed by atoms with Crippen LogP contribution in [-0.4, -0.2) is 15.9 Å². The Balaban J connectivity index is 2.29. The number of nitrogens with one attached hydrogen (secondary N) is 1. The molecule has 0 aliphatic carbocycles. The lowest BCUT2D eigenvalue weighted by atomic mass is 9.86. The van der Waals surface area contributed by atoms with Crippen molar-refractivity contribution < 1.29 is 4.79 Å². The molecule has 1 amide bonds. The van der Waals surface area contributed by atoms with Gasteiger partial charge < -0.3 is 5.32 Å². The van der Waals surface area contributed by atoms with Gasteiger partial charge >= 0.3 is 0 Å². The normalized spacial score (nSPS) is 11.2. The van der Waals surface area contributed by atoms with Gasteiger partial charge in [0, 0.05) is 5.69 Å². The van der Waals surface area contributed by atoms with Gasteiger partial charge in [-0.1, -0.05) is 50.6 Å². The Hall–Kier alpha value is -1.94. The van der Waals surface area contributed by atoms with Crippen LogP contribution in [0.15, 0.2) is 36.7 Å². The molecule has 104 valence electrons. The molecule has 5 heteroatoms. The van der Waals surface area contributed by atoms with E-state index in [4.69, 9.17) is 11.6 Å². The van der Waals surface area contributed by atoms with Crippen molar-refractivity contribution in [3.05, 3.63) is 53.1 Å². The summed E-state index contributed by atoms with van der Waals surface area (Å²) in [6.07, 6.45) is 2.78. The van der Waals surface area contributed by atoms with E-state index < -0.39 is 0 Å². The summed E-state index contributed by atoms with van der Waals surface area (Å²) in [5.74, 6) is -0.322. The van der Waals surface area contributed by atoms with Crippen LogP contribution in [0.2, 0.25) is 5.15 Å². The number of para-hydroxylation sites is 1. The summed E-state index contributed by atoms with van der Waals surface area (Å²) in [5.41, 5.74) is 1.96. The molecule has 0 saturated carbocycles. The van der Waals surface area contributed by atoms with Gasteiger partial charge in [0.1, 0.15) is 10.8 Å². The number of nitrogens with zero attached hydrogens (tertiary/aromatic N) is 2. The predicted molar refractivity (Wildman–Crippen MR) is 80.1 cm³/mol. The molecular weight excluding hydrogens is 274 g/mol. The molecule has 20 heavy (non-hydrogen) atoms. The summed E-state index contributed by atoms with van der Waals surface area (Å²) < 4.78 is 0. The van der Waals surface area contributed by atoms with Crippen LogP contribution in [0.5, 0.6) is 0 Å². The fraction of sp³-hybridized carbons (Fsp3) is 0.267. The molecular formula is C15H16ClN3O. The number of amides is 1. The molecule has 1 aromatic carbocycles. The second kappa shape index (κ2) is 5.59. The summed E-state index contributed by atoms with van der Waals surface area (Å²) in [7, 11) is 0. The molecule has 0 radical (unpaired) electrons. The third-order valence-corrected chi connectivity index (χ3v) is 3.00. The van der Waals surface area contributed by atoms with Crippen molar-refractivity contribution in [3.63, 3.8) is 0 Å². The second-order valence-corrected chi connectivity index (χ2v) is 5.86. The fourth-order valence-corrected chi connectivity index (χ4v) is 2.03. The van der Waals surface area contributed by atoms with Crippen molar-refractivity contribution in [2.24, 2.45) is 0 Å². The van der Waals surface area contributed by atoms with E-state index in [1.807, 2.05) is 24.3 Å². The standard InChI is InChI=1S/C15H16ClN3O/c1-15(2,3)10-6-4-5-7-11(10)19-14(20)12-8-17-9-13(16)18-12/h4-9H,1-3H3,(H,19,20). The van der Waals surface area contributed by atoms with Gasteiger partial charge in [0.25, 0.3) is 5.91 Å². The maximum atomic E-state index is 12.2. The van der Waals surface area contributed by atoms with Gasteiger partial charge in [-0.2, -0.15) is 0 Å². The van der Waals surface area contributed by atoms with Crippen LogP contribution in [0.4, 0.5) is 5.69 Å². The molecule has 2 rings (SSSR count). The molecule has 0 atom stereocenters. The minimum Gasteiger partial charge on any atom is -0.320 e. The SMILES string of the molecule is CC(C)(C)c1ccccc1NC(=O)c1cncc(Cl)n1. The minimum atomic E-state index is -0.322. The van der Waals surface area contributed by atoms with E-state index in [0.717, 1.165) is 11.3 Å². The fourth-order valence-electron chi connectivity index (χ4n) is 1.88. The number of benzene rings is 1. The molecule has 0 bridgehead atoms. The first-order valence-electron chi connectivity index (χ1n) is 6.26. The zero-order chi connectivity index (χ0) is 14.8. The highest BCUT2D eigenvalue weighted by molar-refractivity contribution is 6.29. The van der Waals surface area contributed by atoms with Crippen LogP contribution in [0, 0.1) is 0 Å². The Labute approximate surface area is 123 Å². The van der Waals surface area contributed by atoms with Gasteiger partial charge in [-0.3, -0.25) is 9.78 Å².